The number of rotatable bonds is 7. The van der Waals surface area contributed by atoms with Crippen molar-refractivity contribution in [1.82, 2.24) is 20.1 Å². The Kier molecular flexibility index (Phi) is 6.02. The van der Waals surface area contributed by atoms with Gasteiger partial charge in [0.15, 0.2) is 5.65 Å². The molecule has 1 fully saturated rings. The molecule has 0 unspecified atom stereocenters. The van der Waals surface area contributed by atoms with Gasteiger partial charge in [0.25, 0.3) is 0 Å². The van der Waals surface area contributed by atoms with Gasteiger partial charge in [-0.25, -0.2) is 4.68 Å². The fourth-order valence-electron chi connectivity index (χ4n) is 4.44. The molecular formula is C24H30N4O2. The number of carbonyl (C=O) groups is 1. The number of amides is 1. The molecule has 1 aliphatic carbocycles. The third kappa shape index (κ3) is 4.04. The Balaban J connectivity index is 1.67. The molecule has 1 saturated carbocycles. The molecule has 6 heteroatoms. The van der Waals surface area contributed by atoms with Gasteiger partial charge in [-0.3, -0.25) is 4.79 Å². The minimum Gasteiger partial charge on any atom is -0.478 e. The highest BCUT2D eigenvalue weighted by Gasteiger charge is 2.22. The summed E-state index contributed by atoms with van der Waals surface area (Å²) in [5, 5.41) is 8.96. The summed E-state index contributed by atoms with van der Waals surface area (Å²) in [5.74, 6) is 0.716. The summed E-state index contributed by atoms with van der Waals surface area (Å²) in [6.45, 7) is 6.57. The van der Waals surface area contributed by atoms with Crippen LogP contribution in [0.3, 0.4) is 0 Å². The second-order valence-corrected chi connectivity index (χ2v) is 8.03. The quantitative estimate of drug-likeness (QED) is 0.630. The minimum absolute atomic E-state index is 0.112. The van der Waals surface area contributed by atoms with Crippen molar-refractivity contribution in [1.29, 1.82) is 0 Å². The van der Waals surface area contributed by atoms with Crippen LogP contribution in [0.5, 0.6) is 5.88 Å². The highest BCUT2D eigenvalue weighted by Crippen LogP contribution is 2.32. The lowest BCUT2D eigenvalue weighted by Crippen LogP contribution is -2.32. The fourth-order valence-corrected chi connectivity index (χ4v) is 4.44. The highest BCUT2D eigenvalue weighted by atomic mass is 16.5. The molecular weight excluding hydrogens is 376 g/mol. The van der Waals surface area contributed by atoms with Gasteiger partial charge in [-0.1, -0.05) is 31.0 Å². The summed E-state index contributed by atoms with van der Waals surface area (Å²) >= 11 is 0. The molecule has 1 aromatic carbocycles. The molecule has 0 radical (unpaired) electrons. The number of hydrogen-bond donors (Lipinski definition) is 1. The lowest BCUT2D eigenvalue weighted by atomic mass is 10.0. The molecule has 1 amide bonds. The van der Waals surface area contributed by atoms with Gasteiger partial charge in [0.2, 0.25) is 11.8 Å². The van der Waals surface area contributed by atoms with E-state index in [1.54, 1.807) is 0 Å². The Morgan fingerprint density at radius 1 is 1.20 bits per heavy atom. The zero-order valence-corrected chi connectivity index (χ0v) is 18.1. The number of aryl methyl sites for hydroxylation is 2. The maximum atomic E-state index is 12.5. The molecule has 0 saturated heterocycles. The standard InChI is InChI=1S/C24H30N4O2/c1-4-30-24-20(14-15-21(29)25-18-10-8-9-11-18)16(2)22-17(3)27-28(23(22)26-24)19-12-6-5-7-13-19/h5-7,12-13,18H,4,8-11,14-15H2,1-3H3,(H,25,29). The van der Waals surface area contributed by atoms with E-state index in [0.29, 0.717) is 31.4 Å². The number of para-hydroxylation sites is 1. The molecule has 1 aliphatic rings. The van der Waals surface area contributed by atoms with Crippen molar-refractivity contribution in [2.24, 2.45) is 0 Å². The average molecular weight is 407 g/mol. The molecule has 2 aromatic heterocycles. The number of aromatic nitrogens is 3. The Hall–Kier alpha value is -2.89. The highest BCUT2D eigenvalue weighted by molar-refractivity contribution is 5.86. The van der Waals surface area contributed by atoms with Gasteiger partial charge in [0.1, 0.15) is 0 Å². The predicted octanol–water partition coefficient (Wildman–Crippen LogP) is 4.43. The Morgan fingerprint density at radius 3 is 2.63 bits per heavy atom. The molecule has 3 aromatic rings. The second kappa shape index (κ2) is 8.86. The zero-order chi connectivity index (χ0) is 21.1. The molecule has 0 atom stereocenters. The van der Waals surface area contributed by atoms with E-state index in [-0.39, 0.29) is 5.91 Å². The van der Waals surface area contributed by atoms with Crippen LogP contribution in [-0.2, 0) is 11.2 Å². The van der Waals surface area contributed by atoms with Gasteiger partial charge in [-0.05, 0) is 57.7 Å². The third-order valence-electron chi connectivity index (χ3n) is 5.93. The van der Waals surface area contributed by atoms with Gasteiger partial charge < -0.3 is 10.1 Å². The van der Waals surface area contributed by atoms with E-state index in [1.807, 2.05) is 48.9 Å². The molecule has 158 valence electrons. The lowest BCUT2D eigenvalue weighted by molar-refractivity contribution is -0.121. The summed E-state index contributed by atoms with van der Waals surface area (Å²) in [6, 6.07) is 10.4. The van der Waals surface area contributed by atoms with E-state index in [0.717, 1.165) is 46.4 Å². The molecule has 2 heterocycles. The van der Waals surface area contributed by atoms with Crippen molar-refractivity contribution in [3.05, 3.63) is 47.2 Å². The first kappa shape index (κ1) is 20.4. The van der Waals surface area contributed by atoms with Gasteiger partial charge in [0.05, 0.1) is 18.0 Å². The summed E-state index contributed by atoms with van der Waals surface area (Å²) in [6.07, 6.45) is 5.67. The molecule has 0 bridgehead atoms. The maximum Gasteiger partial charge on any atom is 0.220 e. The first-order valence-corrected chi connectivity index (χ1v) is 10.9. The van der Waals surface area contributed by atoms with Crippen molar-refractivity contribution in [2.45, 2.75) is 65.3 Å². The SMILES string of the molecule is CCOc1nc2c(c(C)nn2-c2ccccc2)c(C)c1CCC(=O)NC1CCCC1. The molecule has 1 N–H and O–H groups in total. The van der Waals surface area contributed by atoms with E-state index in [4.69, 9.17) is 14.8 Å². The average Bonchev–Trinajstić information content (AvgIpc) is 3.36. The number of fused-ring (bicyclic) bond motifs is 1. The smallest absolute Gasteiger partial charge is 0.220 e. The Labute approximate surface area is 177 Å². The van der Waals surface area contributed by atoms with Crippen LogP contribution in [-0.4, -0.2) is 33.3 Å². The monoisotopic (exact) mass is 406 g/mol. The van der Waals surface area contributed by atoms with Crippen molar-refractivity contribution >= 4 is 16.9 Å². The molecule has 30 heavy (non-hydrogen) atoms. The first-order chi connectivity index (χ1) is 14.6. The molecule has 0 spiro atoms. The normalized spacial score (nSPS) is 14.4. The maximum absolute atomic E-state index is 12.5. The van der Waals surface area contributed by atoms with Gasteiger partial charge in [0, 0.05) is 23.4 Å². The number of nitrogens with zero attached hydrogens (tertiary/aromatic N) is 3. The summed E-state index contributed by atoms with van der Waals surface area (Å²) in [7, 11) is 0. The van der Waals surface area contributed by atoms with Gasteiger partial charge in [-0.15, -0.1) is 0 Å². The van der Waals surface area contributed by atoms with Crippen LogP contribution < -0.4 is 10.1 Å². The van der Waals surface area contributed by atoms with Crippen LogP contribution in [0.4, 0.5) is 0 Å². The van der Waals surface area contributed by atoms with E-state index in [2.05, 4.69) is 12.2 Å². The molecule has 6 nitrogen and oxygen atoms in total. The van der Waals surface area contributed by atoms with Crippen LogP contribution in [0.25, 0.3) is 16.7 Å². The van der Waals surface area contributed by atoms with Crippen molar-refractivity contribution in [2.75, 3.05) is 6.61 Å². The number of pyridine rings is 1. The number of hydrogen-bond acceptors (Lipinski definition) is 4. The number of nitrogens with one attached hydrogen (secondary N) is 1. The topological polar surface area (TPSA) is 69.0 Å². The summed E-state index contributed by atoms with van der Waals surface area (Å²) in [4.78, 5) is 17.3. The van der Waals surface area contributed by atoms with Crippen LogP contribution in [0.15, 0.2) is 30.3 Å². The van der Waals surface area contributed by atoms with Crippen LogP contribution in [0.2, 0.25) is 0 Å². The Morgan fingerprint density at radius 2 is 1.93 bits per heavy atom. The van der Waals surface area contributed by atoms with Crippen LogP contribution in [0, 0.1) is 13.8 Å². The lowest BCUT2D eigenvalue weighted by Gasteiger charge is -2.15. The third-order valence-corrected chi connectivity index (χ3v) is 5.93. The summed E-state index contributed by atoms with van der Waals surface area (Å²) < 4.78 is 7.78. The predicted molar refractivity (Wildman–Crippen MR) is 118 cm³/mol. The van der Waals surface area contributed by atoms with Crippen LogP contribution >= 0.6 is 0 Å². The molecule has 0 aliphatic heterocycles. The number of benzene rings is 1. The van der Waals surface area contributed by atoms with Crippen molar-refractivity contribution < 1.29 is 9.53 Å². The largest absolute Gasteiger partial charge is 0.478 e. The van der Waals surface area contributed by atoms with E-state index in [9.17, 15) is 4.79 Å². The van der Waals surface area contributed by atoms with E-state index < -0.39 is 0 Å². The van der Waals surface area contributed by atoms with Crippen molar-refractivity contribution in [3.8, 4) is 11.6 Å². The second-order valence-electron chi connectivity index (χ2n) is 8.03. The van der Waals surface area contributed by atoms with E-state index >= 15 is 0 Å². The molecule has 4 rings (SSSR count). The van der Waals surface area contributed by atoms with Gasteiger partial charge in [-0.2, -0.15) is 10.1 Å². The van der Waals surface area contributed by atoms with Gasteiger partial charge >= 0.3 is 0 Å². The van der Waals surface area contributed by atoms with Crippen molar-refractivity contribution in [3.63, 3.8) is 0 Å². The fraction of sp³-hybridized carbons (Fsp3) is 0.458. The minimum atomic E-state index is 0.112. The van der Waals surface area contributed by atoms with E-state index in [1.165, 1.54) is 12.8 Å². The number of ether oxygens (including phenoxy) is 1. The van der Waals surface area contributed by atoms with Crippen LogP contribution in [0.1, 0.15) is 55.8 Å². The zero-order valence-electron chi connectivity index (χ0n) is 18.1. The number of carbonyl (C=O) groups excluding carboxylic acids is 1. The first-order valence-electron chi connectivity index (χ1n) is 10.9. The summed E-state index contributed by atoms with van der Waals surface area (Å²) in [5.41, 5.74) is 4.78. The Bertz CT molecular complexity index is 1040.